The molecule has 1 atom stereocenters. The van der Waals surface area contributed by atoms with E-state index in [1.165, 1.54) is 12.8 Å². The number of likely N-dealkylation sites (tertiary alicyclic amines) is 2. The first-order chi connectivity index (χ1) is 12.8. The van der Waals surface area contributed by atoms with E-state index >= 15 is 0 Å². The van der Waals surface area contributed by atoms with Crippen LogP contribution in [-0.4, -0.2) is 51.9 Å². The number of carbonyl (C=O) groups excluding carboxylic acids is 2. The zero-order valence-corrected chi connectivity index (χ0v) is 17.0. The van der Waals surface area contributed by atoms with Gasteiger partial charge in [0.15, 0.2) is 0 Å². The Morgan fingerprint density at radius 2 is 1.85 bits per heavy atom. The van der Waals surface area contributed by atoms with Crippen LogP contribution in [0.4, 0.5) is 0 Å². The Morgan fingerprint density at radius 3 is 2.52 bits per heavy atom. The highest BCUT2D eigenvalue weighted by Gasteiger charge is 2.50. The second-order valence-electron chi connectivity index (χ2n) is 9.78. The van der Waals surface area contributed by atoms with Crippen LogP contribution in [0, 0.1) is 5.41 Å². The van der Waals surface area contributed by atoms with Crippen molar-refractivity contribution in [2.45, 2.75) is 77.3 Å². The third kappa shape index (κ3) is 3.30. The average molecular weight is 372 g/mol. The Hall–Kier alpha value is -1.78. The number of rotatable bonds is 2. The lowest BCUT2D eigenvalue weighted by Crippen LogP contribution is -2.53. The molecule has 0 bridgehead atoms. The fraction of sp³-hybridized carbons (Fsp3) is 0.727. The zero-order valence-electron chi connectivity index (χ0n) is 17.0. The molecule has 2 saturated heterocycles. The number of carbonyl (C=O) groups is 2. The second kappa shape index (κ2) is 6.68. The molecule has 148 valence electrons. The molecule has 27 heavy (non-hydrogen) atoms. The minimum Gasteiger partial charge on any atom is -0.348 e. The third-order valence-corrected chi connectivity index (χ3v) is 6.89. The van der Waals surface area contributed by atoms with Crippen LogP contribution in [-0.2, 0) is 10.3 Å². The van der Waals surface area contributed by atoms with Crippen LogP contribution in [0.2, 0.25) is 0 Å². The fourth-order valence-corrected chi connectivity index (χ4v) is 5.21. The highest BCUT2D eigenvalue weighted by Crippen LogP contribution is 2.42. The highest BCUT2D eigenvalue weighted by molar-refractivity contribution is 5.95. The zero-order chi connectivity index (χ0) is 19.2. The fourth-order valence-electron chi connectivity index (χ4n) is 5.21. The lowest BCUT2D eigenvalue weighted by atomic mass is 9.77. The number of hydrogen-bond donors (Lipinski definition) is 0. The first-order valence-corrected chi connectivity index (χ1v) is 10.6. The Bertz CT molecular complexity index is 726. The van der Waals surface area contributed by atoms with Crippen molar-refractivity contribution in [1.29, 1.82) is 0 Å². The van der Waals surface area contributed by atoms with E-state index in [9.17, 15) is 9.59 Å². The maximum Gasteiger partial charge on any atom is 0.255 e. The first-order valence-electron chi connectivity index (χ1n) is 10.6. The van der Waals surface area contributed by atoms with Crippen molar-refractivity contribution in [1.82, 2.24) is 14.4 Å². The lowest BCUT2D eigenvalue weighted by Gasteiger charge is -2.42. The molecule has 4 rings (SSSR count). The smallest absolute Gasteiger partial charge is 0.255 e. The Kier molecular flexibility index (Phi) is 4.59. The molecule has 5 heteroatoms. The predicted molar refractivity (Wildman–Crippen MR) is 106 cm³/mol. The molecular formula is C22H33N3O2. The summed E-state index contributed by atoms with van der Waals surface area (Å²) in [6.45, 7) is 8.59. The van der Waals surface area contributed by atoms with Gasteiger partial charge in [-0.3, -0.25) is 9.59 Å². The molecule has 0 N–H and O–H groups in total. The van der Waals surface area contributed by atoms with Gasteiger partial charge in [-0.05, 0) is 58.9 Å². The molecule has 3 aliphatic rings. The van der Waals surface area contributed by atoms with Crippen molar-refractivity contribution < 1.29 is 9.59 Å². The molecule has 1 aromatic heterocycles. The number of hydrogen-bond acceptors (Lipinski definition) is 2. The quantitative estimate of drug-likeness (QED) is 0.797. The van der Waals surface area contributed by atoms with E-state index in [4.69, 9.17) is 0 Å². The van der Waals surface area contributed by atoms with Gasteiger partial charge in [-0.2, -0.15) is 0 Å². The second-order valence-corrected chi connectivity index (χ2v) is 9.78. The van der Waals surface area contributed by atoms with Gasteiger partial charge in [0.2, 0.25) is 5.91 Å². The summed E-state index contributed by atoms with van der Waals surface area (Å²) in [6.07, 6.45) is 11.6. The van der Waals surface area contributed by atoms with Crippen molar-refractivity contribution in [3.63, 3.8) is 0 Å². The van der Waals surface area contributed by atoms with E-state index in [0.29, 0.717) is 25.0 Å². The Morgan fingerprint density at radius 1 is 1.11 bits per heavy atom. The molecule has 1 saturated carbocycles. The minimum atomic E-state index is -0.330. The maximum absolute atomic E-state index is 13.4. The number of amides is 2. The third-order valence-electron chi connectivity index (χ3n) is 6.89. The van der Waals surface area contributed by atoms with Gasteiger partial charge < -0.3 is 14.4 Å². The molecule has 1 spiro atoms. The monoisotopic (exact) mass is 371 g/mol. The van der Waals surface area contributed by atoms with E-state index in [-0.39, 0.29) is 16.9 Å². The van der Waals surface area contributed by atoms with Crippen LogP contribution < -0.4 is 0 Å². The molecular weight excluding hydrogens is 338 g/mol. The minimum absolute atomic E-state index is 0.0358. The average Bonchev–Trinajstić information content (AvgIpc) is 3.37. The molecule has 0 unspecified atom stereocenters. The number of piperidine rings is 1. The molecule has 5 nitrogen and oxygen atoms in total. The standard InChI is InChI=1S/C22H33N3O2/c1-21(2,3)24-13-9-17(15-24)19(26)23-14-11-22(16-23)10-6-12-25(20(22)27)18-7-4-5-8-18/h9,13,15,18H,4-8,10-12,14,16H2,1-3H3/t22-/m1/s1. The van der Waals surface area contributed by atoms with Gasteiger partial charge in [-0.1, -0.05) is 12.8 Å². The van der Waals surface area contributed by atoms with Crippen molar-refractivity contribution in [2.24, 2.45) is 5.41 Å². The van der Waals surface area contributed by atoms with Crippen LogP contribution in [0.3, 0.4) is 0 Å². The van der Waals surface area contributed by atoms with Gasteiger partial charge in [0.1, 0.15) is 0 Å². The van der Waals surface area contributed by atoms with Gasteiger partial charge >= 0.3 is 0 Å². The summed E-state index contributed by atoms with van der Waals surface area (Å²) in [7, 11) is 0. The molecule has 2 aliphatic heterocycles. The van der Waals surface area contributed by atoms with E-state index in [2.05, 4.69) is 30.2 Å². The Balaban J connectivity index is 1.48. The number of nitrogens with zero attached hydrogens (tertiary/aromatic N) is 3. The van der Waals surface area contributed by atoms with E-state index in [1.54, 1.807) is 0 Å². The van der Waals surface area contributed by atoms with E-state index in [1.807, 2.05) is 23.4 Å². The summed E-state index contributed by atoms with van der Waals surface area (Å²) in [5.41, 5.74) is 0.368. The molecule has 3 heterocycles. The normalized spacial score (nSPS) is 27.1. The predicted octanol–water partition coefficient (Wildman–Crippen LogP) is 3.64. The van der Waals surface area contributed by atoms with E-state index in [0.717, 1.165) is 44.2 Å². The molecule has 0 aromatic carbocycles. The molecule has 0 radical (unpaired) electrons. The van der Waals surface area contributed by atoms with Crippen molar-refractivity contribution in [3.8, 4) is 0 Å². The van der Waals surface area contributed by atoms with Crippen molar-refractivity contribution >= 4 is 11.8 Å². The molecule has 1 aliphatic carbocycles. The maximum atomic E-state index is 13.4. The molecule has 2 amide bonds. The van der Waals surface area contributed by atoms with Gasteiger partial charge in [0.25, 0.3) is 5.91 Å². The number of aromatic nitrogens is 1. The molecule has 1 aromatic rings. The SMILES string of the molecule is CC(C)(C)n1ccc(C(=O)N2CC[C@]3(CCCN(C4CCCC4)C3=O)C2)c1. The summed E-state index contributed by atoms with van der Waals surface area (Å²) in [6, 6.07) is 2.35. The summed E-state index contributed by atoms with van der Waals surface area (Å²) in [5.74, 6) is 0.392. The van der Waals surface area contributed by atoms with Crippen molar-refractivity contribution in [3.05, 3.63) is 24.0 Å². The van der Waals surface area contributed by atoms with Gasteiger partial charge in [-0.15, -0.1) is 0 Å². The lowest BCUT2D eigenvalue weighted by molar-refractivity contribution is -0.148. The van der Waals surface area contributed by atoms with Crippen LogP contribution in [0.5, 0.6) is 0 Å². The molecule has 3 fully saturated rings. The van der Waals surface area contributed by atoms with Crippen LogP contribution in [0.25, 0.3) is 0 Å². The van der Waals surface area contributed by atoms with Crippen molar-refractivity contribution in [2.75, 3.05) is 19.6 Å². The van der Waals surface area contributed by atoms with Crippen LogP contribution in [0.15, 0.2) is 18.5 Å². The summed E-state index contributed by atoms with van der Waals surface area (Å²) in [5, 5.41) is 0. The van der Waals surface area contributed by atoms with Gasteiger partial charge in [0.05, 0.1) is 11.0 Å². The Labute approximate surface area is 162 Å². The largest absolute Gasteiger partial charge is 0.348 e. The summed E-state index contributed by atoms with van der Waals surface area (Å²) in [4.78, 5) is 30.5. The first kappa shape index (κ1) is 18.6. The highest BCUT2D eigenvalue weighted by atomic mass is 16.2. The van der Waals surface area contributed by atoms with Gasteiger partial charge in [0, 0.05) is 43.6 Å². The summed E-state index contributed by atoms with van der Waals surface area (Å²) >= 11 is 0. The van der Waals surface area contributed by atoms with Crippen LogP contribution in [0.1, 0.15) is 76.1 Å². The van der Waals surface area contributed by atoms with Gasteiger partial charge in [-0.25, -0.2) is 0 Å². The summed E-state index contributed by atoms with van der Waals surface area (Å²) < 4.78 is 2.08. The van der Waals surface area contributed by atoms with E-state index < -0.39 is 0 Å². The topological polar surface area (TPSA) is 45.6 Å². The van der Waals surface area contributed by atoms with Crippen LogP contribution >= 0.6 is 0 Å².